The molecule has 3 aliphatic heterocycles. The number of nitrogens with one attached hydrogen (secondary N) is 3. The Morgan fingerprint density at radius 3 is 2.43 bits per heavy atom. The van der Waals surface area contributed by atoms with E-state index in [4.69, 9.17) is 17.0 Å². The summed E-state index contributed by atoms with van der Waals surface area (Å²) >= 11 is 5.71. The van der Waals surface area contributed by atoms with Crippen molar-refractivity contribution >= 4 is 63.7 Å². The van der Waals surface area contributed by atoms with Gasteiger partial charge < -0.3 is 20.3 Å². The van der Waals surface area contributed by atoms with Crippen LogP contribution in [0.15, 0.2) is 54.7 Å². The normalized spacial score (nSPS) is 21.7. The molecule has 4 amide bonds. The van der Waals surface area contributed by atoms with Gasteiger partial charge in [0.2, 0.25) is 17.7 Å². The number of carbonyl (C=O) groups is 4. The quantitative estimate of drug-likeness (QED) is 0.156. The lowest BCUT2D eigenvalue weighted by Crippen LogP contribution is -2.59. The van der Waals surface area contributed by atoms with Crippen molar-refractivity contribution in [3.63, 3.8) is 0 Å². The predicted octanol–water partition coefficient (Wildman–Crippen LogP) is 5.47. The fourth-order valence-corrected chi connectivity index (χ4v) is 8.59. The summed E-state index contributed by atoms with van der Waals surface area (Å²) in [6.07, 6.45) is -2.81. The Morgan fingerprint density at radius 2 is 1.78 bits per heavy atom. The highest BCUT2D eigenvalue weighted by Gasteiger charge is 2.51. The molecule has 1 aromatic heterocycles. The van der Waals surface area contributed by atoms with Gasteiger partial charge in [-0.15, -0.1) is 0 Å². The summed E-state index contributed by atoms with van der Waals surface area (Å²) < 4.78 is 47.8. The topological polar surface area (TPSA) is 163 Å². The van der Waals surface area contributed by atoms with Crippen LogP contribution in [-0.4, -0.2) is 99.5 Å². The van der Waals surface area contributed by atoms with Crippen LogP contribution in [0.4, 0.5) is 35.9 Å². The molecule has 3 saturated heterocycles. The van der Waals surface area contributed by atoms with Crippen LogP contribution in [-0.2, 0) is 31.8 Å². The van der Waals surface area contributed by atoms with Gasteiger partial charge in [0, 0.05) is 55.2 Å². The monoisotopic (exact) mass is 847 g/mol. The number of aryl methyl sites for hydroxylation is 1. The Morgan fingerprint density at radius 1 is 1.08 bits per heavy atom. The van der Waals surface area contributed by atoms with Gasteiger partial charge in [-0.05, 0) is 108 Å². The summed E-state index contributed by atoms with van der Waals surface area (Å²) in [5.74, 6) is -0.716. The molecule has 0 bridgehead atoms. The van der Waals surface area contributed by atoms with E-state index in [0.717, 1.165) is 22.7 Å². The number of hydrogen-bond donors (Lipinski definition) is 3. The highest BCUT2D eigenvalue weighted by atomic mass is 32.1. The lowest BCUT2D eigenvalue weighted by atomic mass is 10.0. The van der Waals surface area contributed by atoms with Gasteiger partial charge in [0.25, 0.3) is 5.91 Å². The number of piperidine rings is 1. The first-order chi connectivity index (χ1) is 28.3. The summed E-state index contributed by atoms with van der Waals surface area (Å²) in [4.78, 5) is 61.4. The lowest BCUT2D eigenvalue weighted by Gasteiger charge is -2.44. The molecule has 318 valence electrons. The number of hydrogen-bond acceptors (Lipinski definition) is 11. The van der Waals surface area contributed by atoms with Crippen molar-refractivity contribution in [1.29, 1.82) is 5.26 Å². The van der Waals surface area contributed by atoms with Crippen LogP contribution >= 0.6 is 12.2 Å². The number of thiocarbonyl (C=S) groups is 1. The Hall–Kier alpha value is -5.64. The first-order valence-electron chi connectivity index (χ1n) is 19.7. The number of benzene rings is 2. The van der Waals surface area contributed by atoms with E-state index in [2.05, 4.69) is 44.6 Å². The number of rotatable bonds is 12. The molecule has 3 N–H and O–H groups in total. The number of piperazine rings is 1. The number of nitrogens with zero attached hydrogens (tertiary/aromatic N) is 6. The minimum Gasteiger partial charge on any atom is -0.489 e. The second-order valence-electron chi connectivity index (χ2n) is 16.0. The molecule has 6 rings (SSSR count). The summed E-state index contributed by atoms with van der Waals surface area (Å²) in [7, 11) is 0. The van der Waals surface area contributed by atoms with Gasteiger partial charge in [-0.2, -0.15) is 18.4 Å². The Labute approximate surface area is 352 Å². The third kappa shape index (κ3) is 9.38. The molecule has 3 fully saturated rings. The average molecular weight is 848 g/mol. The number of pyridine rings is 1. The Kier molecular flexibility index (Phi) is 12.8. The summed E-state index contributed by atoms with van der Waals surface area (Å²) in [5, 5.41) is 17.6. The number of amides is 4. The van der Waals surface area contributed by atoms with E-state index in [1.54, 1.807) is 49.1 Å². The zero-order chi connectivity index (χ0) is 43.7. The second-order valence-corrected chi connectivity index (χ2v) is 16.3. The van der Waals surface area contributed by atoms with Crippen LogP contribution < -0.4 is 30.5 Å². The first kappa shape index (κ1) is 43.9. The van der Waals surface area contributed by atoms with Crippen LogP contribution in [0, 0.1) is 11.3 Å². The molecular weight excluding hydrogens is 800 g/mol. The molecule has 2 aromatic carbocycles. The van der Waals surface area contributed by atoms with E-state index in [1.165, 1.54) is 6.07 Å². The van der Waals surface area contributed by atoms with Gasteiger partial charge in [-0.1, -0.05) is 13.0 Å². The molecule has 2 unspecified atom stereocenters. The molecule has 3 aromatic rings. The van der Waals surface area contributed by atoms with Gasteiger partial charge in [0.1, 0.15) is 29.5 Å². The summed E-state index contributed by atoms with van der Waals surface area (Å²) in [6, 6.07) is 14.3. The van der Waals surface area contributed by atoms with Crippen LogP contribution in [0.2, 0.25) is 0 Å². The molecule has 18 heteroatoms. The first-order valence-corrected chi connectivity index (χ1v) is 20.1. The molecule has 0 aliphatic carbocycles. The Balaban J connectivity index is 1.05. The molecule has 14 nitrogen and oxygen atoms in total. The zero-order valence-corrected chi connectivity index (χ0v) is 35.0. The van der Waals surface area contributed by atoms with Crippen molar-refractivity contribution in [3.05, 3.63) is 71.5 Å². The number of ether oxygens (including phenoxy) is 1. The summed E-state index contributed by atoms with van der Waals surface area (Å²) in [5.41, 5.74) is -0.844. The minimum atomic E-state index is -4.86. The highest BCUT2D eigenvalue weighted by molar-refractivity contribution is 7.81. The second kappa shape index (κ2) is 17.5. The van der Waals surface area contributed by atoms with Crippen molar-refractivity contribution in [2.24, 2.45) is 0 Å². The standard InChI is InChI=1S/C42H48F3N9O5S/c1-7-27-15-30(54-40(60)53(39(58)41(54,5)6)31-17-32(42(43,44)45)34(18-46)47-19-31)11-13-35(27)59-26(4)22-51-20-24(2)52(25(3)21-51)23-37(56)49-29-10-8-9-28(16-29)48-33-12-14-36(55)50-38(33)57/h8-11,13,15-17,19,24-26,33,48H,7,12,14,20-23H2,1-6H3,(H,49,56)(H,50,55,57)/t24-,25+,26?,33?. The Bertz CT molecular complexity index is 2220. The van der Waals surface area contributed by atoms with Crippen molar-refractivity contribution in [3.8, 4) is 11.8 Å². The number of alkyl halides is 3. The third-order valence-corrected chi connectivity index (χ3v) is 11.3. The minimum absolute atomic E-state index is 0.0258. The summed E-state index contributed by atoms with van der Waals surface area (Å²) in [6.45, 7) is 13.6. The molecule has 4 atom stereocenters. The molecule has 0 saturated carbocycles. The van der Waals surface area contributed by atoms with E-state index in [-0.39, 0.29) is 59.7 Å². The van der Waals surface area contributed by atoms with Gasteiger partial charge in [-0.3, -0.25) is 39.2 Å². The molecule has 0 radical (unpaired) electrons. The largest absolute Gasteiger partial charge is 0.489 e. The van der Waals surface area contributed by atoms with Crippen LogP contribution in [0.3, 0.4) is 0 Å². The fourth-order valence-electron chi connectivity index (χ4n) is 8.06. The van der Waals surface area contributed by atoms with Crippen LogP contribution in [0.1, 0.15) is 71.2 Å². The zero-order valence-electron chi connectivity index (χ0n) is 34.2. The fraction of sp³-hybridized carbons (Fsp3) is 0.452. The SMILES string of the molecule is CCc1cc(N2C(=S)N(c3cnc(C#N)c(C(F)(F)F)c3)C(=O)C2(C)C)ccc1OC(C)CN1C[C@@H](C)N(CC(=O)Nc2cccc(NC3CCC(=O)NC3=O)c2)[C@@H](C)C1. The van der Waals surface area contributed by atoms with Gasteiger partial charge in [0.05, 0.1) is 24.0 Å². The number of halogens is 3. The number of nitriles is 1. The smallest absolute Gasteiger partial charge is 0.419 e. The van der Waals surface area contributed by atoms with Crippen molar-refractivity contribution in [2.75, 3.05) is 46.6 Å². The number of aromatic nitrogens is 1. The maximum Gasteiger partial charge on any atom is 0.419 e. The maximum absolute atomic E-state index is 13.8. The van der Waals surface area contributed by atoms with Crippen molar-refractivity contribution in [2.45, 2.75) is 96.7 Å². The average Bonchev–Trinajstić information content (AvgIpc) is 3.35. The van der Waals surface area contributed by atoms with E-state index in [0.29, 0.717) is 55.3 Å². The van der Waals surface area contributed by atoms with Crippen molar-refractivity contribution in [1.82, 2.24) is 20.1 Å². The van der Waals surface area contributed by atoms with Gasteiger partial charge in [0.15, 0.2) is 10.8 Å². The lowest BCUT2D eigenvalue weighted by molar-refractivity contribution is -0.138. The van der Waals surface area contributed by atoms with E-state index in [9.17, 15) is 37.6 Å². The third-order valence-electron chi connectivity index (χ3n) is 11.0. The number of anilines is 4. The molecular formula is C42H48F3N9O5S. The molecule has 4 heterocycles. The number of carbonyl (C=O) groups excluding carboxylic acids is 4. The van der Waals surface area contributed by atoms with Crippen LogP contribution in [0.5, 0.6) is 5.75 Å². The van der Waals surface area contributed by atoms with E-state index >= 15 is 0 Å². The van der Waals surface area contributed by atoms with Crippen molar-refractivity contribution < 1.29 is 37.1 Å². The molecule has 60 heavy (non-hydrogen) atoms. The van der Waals surface area contributed by atoms with Crippen LogP contribution in [0.25, 0.3) is 0 Å². The van der Waals surface area contributed by atoms with Gasteiger partial charge >= 0.3 is 6.18 Å². The maximum atomic E-state index is 13.8. The number of imide groups is 1. The predicted molar refractivity (Wildman–Crippen MR) is 223 cm³/mol. The molecule has 0 spiro atoms. The van der Waals surface area contributed by atoms with Gasteiger partial charge in [-0.25, -0.2) is 4.98 Å². The molecule has 3 aliphatic rings. The van der Waals surface area contributed by atoms with E-state index in [1.807, 2.05) is 26.0 Å². The highest BCUT2D eigenvalue weighted by Crippen LogP contribution is 2.40. The van der Waals surface area contributed by atoms with E-state index < -0.39 is 34.9 Å².